The predicted octanol–water partition coefficient (Wildman–Crippen LogP) is 2.91. The van der Waals surface area contributed by atoms with Gasteiger partial charge in [0, 0.05) is 13.1 Å². The molecule has 0 aromatic carbocycles. The number of aryl methyl sites for hydroxylation is 2. The Hall–Kier alpha value is -1.36. The molecular formula is C18H31N3O2. The summed E-state index contributed by atoms with van der Waals surface area (Å²) in [4.78, 5) is 12.4. The molecule has 0 saturated heterocycles. The average Bonchev–Trinajstić information content (AvgIpc) is 2.85. The fraction of sp³-hybridized carbons (Fsp3) is 0.778. The van der Waals surface area contributed by atoms with Crippen molar-refractivity contribution >= 4 is 5.91 Å². The van der Waals surface area contributed by atoms with Crippen molar-refractivity contribution in [3.8, 4) is 0 Å². The molecule has 1 heterocycles. The van der Waals surface area contributed by atoms with Crippen LogP contribution in [0.5, 0.6) is 0 Å². The minimum atomic E-state index is -0.774. The van der Waals surface area contributed by atoms with Gasteiger partial charge in [-0.05, 0) is 56.9 Å². The molecule has 5 heteroatoms. The fourth-order valence-corrected chi connectivity index (χ4v) is 3.50. The van der Waals surface area contributed by atoms with Crippen LogP contribution >= 0.6 is 0 Å². The van der Waals surface area contributed by atoms with Crippen LogP contribution in [0.3, 0.4) is 0 Å². The third-order valence-corrected chi connectivity index (χ3v) is 5.15. The Morgan fingerprint density at radius 1 is 1.43 bits per heavy atom. The zero-order chi connectivity index (χ0) is 17.3. The normalized spacial score (nSPS) is 25.4. The summed E-state index contributed by atoms with van der Waals surface area (Å²) >= 11 is 0. The molecule has 1 fully saturated rings. The van der Waals surface area contributed by atoms with Crippen molar-refractivity contribution < 1.29 is 9.90 Å². The van der Waals surface area contributed by atoms with Crippen LogP contribution in [0.1, 0.15) is 69.6 Å². The molecule has 2 rings (SSSR count). The summed E-state index contributed by atoms with van der Waals surface area (Å²) in [6, 6.07) is 1.79. The second-order valence-corrected chi connectivity index (χ2v) is 8.03. The van der Waals surface area contributed by atoms with Gasteiger partial charge >= 0.3 is 0 Å². The number of amides is 1. The molecule has 0 atom stereocenters. The summed E-state index contributed by atoms with van der Waals surface area (Å²) < 4.78 is 1.70. The van der Waals surface area contributed by atoms with E-state index in [9.17, 15) is 9.90 Å². The molecule has 0 radical (unpaired) electrons. The second kappa shape index (κ2) is 6.63. The Morgan fingerprint density at radius 3 is 2.57 bits per heavy atom. The van der Waals surface area contributed by atoms with E-state index in [0.29, 0.717) is 24.7 Å². The number of nitrogens with one attached hydrogen (secondary N) is 1. The van der Waals surface area contributed by atoms with Crippen molar-refractivity contribution in [1.29, 1.82) is 0 Å². The van der Waals surface area contributed by atoms with Crippen LogP contribution < -0.4 is 5.32 Å². The lowest BCUT2D eigenvalue weighted by Gasteiger charge is -2.41. The first kappa shape index (κ1) is 18.0. The largest absolute Gasteiger partial charge is 0.388 e. The number of nitrogens with zero attached hydrogens (tertiary/aromatic N) is 2. The lowest BCUT2D eigenvalue weighted by Crippen LogP contribution is -2.46. The van der Waals surface area contributed by atoms with Gasteiger partial charge in [-0.1, -0.05) is 20.8 Å². The second-order valence-electron chi connectivity index (χ2n) is 8.03. The average molecular weight is 321 g/mol. The summed E-state index contributed by atoms with van der Waals surface area (Å²) in [6.07, 6.45) is 3.53. The van der Waals surface area contributed by atoms with Crippen molar-refractivity contribution in [2.45, 2.75) is 72.4 Å². The molecule has 0 bridgehead atoms. The standard InChI is InChI=1S/C18H31N3O2/c1-6-21-15(11-13(2)20-21)16(22)19-12-18(23)9-7-14(8-10-18)17(3,4)5/h11,14,23H,6-10,12H2,1-5H3,(H,19,22). The van der Waals surface area contributed by atoms with E-state index in [-0.39, 0.29) is 11.3 Å². The maximum absolute atomic E-state index is 12.4. The van der Waals surface area contributed by atoms with Crippen molar-refractivity contribution in [2.24, 2.45) is 11.3 Å². The van der Waals surface area contributed by atoms with Crippen LogP contribution in [-0.4, -0.2) is 32.9 Å². The van der Waals surface area contributed by atoms with Crippen molar-refractivity contribution in [3.05, 3.63) is 17.5 Å². The summed E-state index contributed by atoms with van der Waals surface area (Å²) in [5, 5.41) is 17.9. The van der Waals surface area contributed by atoms with Crippen LogP contribution in [-0.2, 0) is 6.54 Å². The molecule has 1 saturated carbocycles. The first-order chi connectivity index (χ1) is 10.6. The van der Waals surface area contributed by atoms with Gasteiger partial charge in [-0.2, -0.15) is 5.10 Å². The highest BCUT2D eigenvalue weighted by atomic mass is 16.3. The van der Waals surface area contributed by atoms with Gasteiger partial charge in [0.25, 0.3) is 5.91 Å². The maximum Gasteiger partial charge on any atom is 0.269 e. The highest BCUT2D eigenvalue weighted by Crippen LogP contribution is 2.41. The zero-order valence-corrected chi connectivity index (χ0v) is 15.1. The Bertz CT molecular complexity index is 549. The molecule has 1 aliphatic carbocycles. The van der Waals surface area contributed by atoms with E-state index in [4.69, 9.17) is 0 Å². The van der Waals surface area contributed by atoms with Gasteiger partial charge < -0.3 is 10.4 Å². The Kier molecular flexibility index (Phi) is 5.19. The lowest BCUT2D eigenvalue weighted by atomic mass is 9.68. The smallest absolute Gasteiger partial charge is 0.269 e. The third-order valence-electron chi connectivity index (χ3n) is 5.15. The minimum absolute atomic E-state index is 0.154. The highest BCUT2D eigenvalue weighted by Gasteiger charge is 2.37. The topological polar surface area (TPSA) is 67.2 Å². The van der Waals surface area contributed by atoms with Crippen LogP contribution in [0.2, 0.25) is 0 Å². The molecule has 2 N–H and O–H groups in total. The van der Waals surface area contributed by atoms with Crippen molar-refractivity contribution in [3.63, 3.8) is 0 Å². The van der Waals surface area contributed by atoms with E-state index in [2.05, 4.69) is 31.2 Å². The number of hydrogen-bond acceptors (Lipinski definition) is 3. The summed E-state index contributed by atoms with van der Waals surface area (Å²) in [7, 11) is 0. The van der Waals surface area contributed by atoms with Gasteiger partial charge in [-0.3, -0.25) is 9.48 Å². The molecule has 23 heavy (non-hydrogen) atoms. The number of aromatic nitrogens is 2. The third kappa shape index (κ3) is 4.34. The Labute approximate surface area is 139 Å². The van der Waals surface area contributed by atoms with E-state index >= 15 is 0 Å². The van der Waals surface area contributed by atoms with Gasteiger partial charge in [-0.25, -0.2) is 0 Å². The molecule has 0 spiro atoms. The fourth-order valence-electron chi connectivity index (χ4n) is 3.50. The predicted molar refractivity (Wildman–Crippen MR) is 91.3 cm³/mol. The monoisotopic (exact) mass is 321 g/mol. The van der Waals surface area contributed by atoms with Crippen molar-refractivity contribution in [1.82, 2.24) is 15.1 Å². The first-order valence-corrected chi connectivity index (χ1v) is 8.70. The first-order valence-electron chi connectivity index (χ1n) is 8.70. The van der Waals surface area contributed by atoms with E-state index in [1.165, 1.54) is 0 Å². The maximum atomic E-state index is 12.4. The SMILES string of the molecule is CCn1nc(C)cc1C(=O)NCC1(O)CCC(C(C)(C)C)CC1. The zero-order valence-electron chi connectivity index (χ0n) is 15.1. The number of carbonyl (C=O) groups excluding carboxylic acids is 1. The molecule has 5 nitrogen and oxygen atoms in total. The quantitative estimate of drug-likeness (QED) is 0.896. The Morgan fingerprint density at radius 2 is 2.04 bits per heavy atom. The number of aliphatic hydroxyl groups is 1. The molecular weight excluding hydrogens is 290 g/mol. The summed E-state index contributed by atoms with van der Waals surface area (Å²) in [5.41, 5.74) is 0.914. The van der Waals surface area contributed by atoms with E-state index in [0.717, 1.165) is 31.4 Å². The molecule has 0 aliphatic heterocycles. The van der Waals surface area contributed by atoms with E-state index in [1.54, 1.807) is 10.7 Å². The minimum Gasteiger partial charge on any atom is -0.388 e. The van der Waals surface area contributed by atoms with Gasteiger partial charge in [0.15, 0.2) is 0 Å². The molecule has 1 aliphatic rings. The summed E-state index contributed by atoms with van der Waals surface area (Å²) in [6.45, 7) is 11.6. The molecule has 130 valence electrons. The van der Waals surface area contributed by atoms with Crippen molar-refractivity contribution in [2.75, 3.05) is 6.54 Å². The number of carbonyl (C=O) groups is 1. The van der Waals surface area contributed by atoms with Gasteiger partial charge in [0.05, 0.1) is 11.3 Å². The van der Waals surface area contributed by atoms with Crippen LogP contribution in [0.25, 0.3) is 0 Å². The van der Waals surface area contributed by atoms with Gasteiger partial charge in [0.1, 0.15) is 5.69 Å². The highest BCUT2D eigenvalue weighted by molar-refractivity contribution is 5.92. The number of hydrogen-bond donors (Lipinski definition) is 2. The lowest BCUT2D eigenvalue weighted by molar-refractivity contribution is -0.0229. The molecule has 1 aromatic heterocycles. The summed E-state index contributed by atoms with van der Waals surface area (Å²) in [5.74, 6) is 0.487. The van der Waals surface area contributed by atoms with Crippen LogP contribution in [0, 0.1) is 18.3 Å². The van der Waals surface area contributed by atoms with Gasteiger partial charge in [-0.15, -0.1) is 0 Å². The van der Waals surface area contributed by atoms with E-state index < -0.39 is 5.60 Å². The van der Waals surface area contributed by atoms with Crippen LogP contribution in [0.15, 0.2) is 6.07 Å². The van der Waals surface area contributed by atoms with Gasteiger partial charge in [0.2, 0.25) is 0 Å². The van der Waals surface area contributed by atoms with Crippen LogP contribution in [0.4, 0.5) is 0 Å². The molecule has 1 aromatic rings. The molecule has 0 unspecified atom stereocenters. The Balaban J connectivity index is 1.92. The molecule has 1 amide bonds. The number of rotatable bonds is 4. The van der Waals surface area contributed by atoms with E-state index in [1.807, 2.05) is 13.8 Å².